The molecule has 1 aromatic carbocycles. The van der Waals surface area contributed by atoms with E-state index in [2.05, 4.69) is 4.98 Å². The van der Waals surface area contributed by atoms with E-state index in [1.807, 2.05) is 12.1 Å². The predicted octanol–water partition coefficient (Wildman–Crippen LogP) is 2.81. The molecule has 8 nitrogen and oxygen atoms in total. The van der Waals surface area contributed by atoms with E-state index in [0.717, 1.165) is 5.56 Å². The van der Waals surface area contributed by atoms with Crippen LogP contribution in [0.25, 0.3) is 4.96 Å². The number of carbonyl (C=O) groups is 1. The van der Waals surface area contributed by atoms with Crippen LogP contribution in [0.5, 0.6) is 0 Å². The number of carbonyl (C=O) groups excluding carboxylic acids is 1. The van der Waals surface area contributed by atoms with Gasteiger partial charge in [0.25, 0.3) is 4.96 Å². The zero-order valence-electron chi connectivity index (χ0n) is 13.5. The predicted molar refractivity (Wildman–Crippen MR) is 98.8 cm³/mol. The molecule has 4 rings (SSSR count). The average molecular weight is 392 g/mol. The average Bonchev–Trinajstić information content (AvgIpc) is 3.19. The third-order valence-electron chi connectivity index (χ3n) is 4.30. The van der Waals surface area contributed by atoms with E-state index in [9.17, 15) is 14.9 Å². The van der Waals surface area contributed by atoms with Crippen LogP contribution in [0.4, 0.5) is 11.6 Å². The molecule has 1 fully saturated rings. The van der Waals surface area contributed by atoms with Crippen molar-refractivity contribution in [3.63, 3.8) is 0 Å². The number of nitrogens with zero attached hydrogens (tertiary/aromatic N) is 5. The second-order valence-electron chi connectivity index (χ2n) is 5.94. The molecule has 26 heavy (non-hydrogen) atoms. The van der Waals surface area contributed by atoms with Gasteiger partial charge in [0.05, 0.1) is 6.54 Å². The number of rotatable bonds is 4. The van der Waals surface area contributed by atoms with Gasteiger partial charge < -0.3 is 19.9 Å². The first-order valence-corrected chi connectivity index (χ1v) is 9.16. The number of hydrogen-bond donors (Lipinski definition) is 0. The summed E-state index contributed by atoms with van der Waals surface area (Å²) in [7, 11) is 0. The summed E-state index contributed by atoms with van der Waals surface area (Å²) in [5.74, 6) is 0.0680. The minimum absolute atomic E-state index is 0.0687. The number of halogens is 1. The summed E-state index contributed by atoms with van der Waals surface area (Å²) in [5, 5.41) is 13.9. The smallest absolute Gasteiger partial charge is 0.358 e. The number of thiazole rings is 1. The molecule has 3 aromatic rings. The number of hydrogen-bond acceptors (Lipinski definition) is 6. The van der Waals surface area contributed by atoms with E-state index < -0.39 is 4.92 Å². The minimum Gasteiger partial charge on any atom is -0.358 e. The van der Waals surface area contributed by atoms with Gasteiger partial charge in [-0.1, -0.05) is 35.1 Å². The van der Waals surface area contributed by atoms with E-state index in [0.29, 0.717) is 29.6 Å². The quantitative estimate of drug-likeness (QED) is 0.504. The second-order valence-corrected chi connectivity index (χ2v) is 7.24. The molecule has 0 spiro atoms. The highest BCUT2D eigenvalue weighted by molar-refractivity contribution is 7.15. The maximum Gasteiger partial charge on any atom is 0.373 e. The molecule has 134 valence electrons. The van der Waals surface area contributed by atoms with Crippen LogP contribution >= 0.6 is 22.9 Å². The van der Waals surface area contributed by atoms with Gasteiger partial charge in [-0.25, -0.2) is 0 Å². The summed E-state index contributed by atoms with van der Waals surface area (Å²) in [4.78, 5) is 31.9. The van der Waals surface area contributed by atoms with Gasteiger partial charge in [-0.15, -0.1) is 0 Å². The Morgan fingerprint density at radius 3 is 2.73 bits per heavy atom. The van der Waals surface area contributed by atoms with Crippen LogP contribution in [-0.2, 0) is 11.3 Å². The van der Waals surface area contributed by atoms with E-state index >= 15 is 0 Å². The Bertz CT molecular complexity index is 984. The fourth-order valence-corrected chi connectivity index (χ4v) is 3.84. The highest BCUT2D eigenvalue weighted by Gasteiger charge is 2.32. The van der Waals surface area contributed by atoms with E-state index in [1.54, 1.807) is 33.5 Å². The number of imidazole rings is 1. The Morgan fingerprint density at radius 1 is 1.27 bits per heavy atom. The van der Waals surface area contributed by atoms with Crippen LogP contribution < -0.4 is 4.90 Å². The molecule has 0 saturated carbocycles. The highest BCUT2D eigenvalue weighted by Crippen LogP contribution is 2.31. The van der Waals surface area contributed by atoms with E-state index in [1.165, 1.54) is 15.7 Å². The van der Waals surface area contributed by atoms with Crippen molar-refractivity contribution in [3.8, 4) is 0 Å². The summed E-state index contributed by atoms with van der Waals surface area (Å²) in [6.07, 6.45) is 1.62. The first-order chi connectivity index (χ1) is 12.5. The van der Waals surface area contributed by atoms with Gasteiger partial charge in [0.2, 0.25) is 11.7 Å². The summed E-state index contributed by atoms with van der Waals surface area (Å²) in [6, 6.07) is 7.35. The van der Waals surface area contributed by atoms with Gasteiger partial charge in [-0.3, -0.25) is 4.79 Å². The van der Waals surface area contributed by atoms with E-state index in [4.69, 9.17) is 11.6 Å². The number of fused-ring (bicyclic) bond motifs is 1. The fraction of sp³-hybridized carbons (Fsp3) is 0.250. The molecule has 0 aliphatic carbocycles. The SMILES string of the molecule is O=C1CN(c2nc3sccn3c2[N+](=O)[O-])CCN1Cc1ccc(Cl)cc1. The lowest BCUT2D eigenvalue weighted by molar-refractivity contribution is -0.389. The van der Waals surface area contributed by atoms with Crippen molar-refractivity contribution in [2.24, 2.45) is 0 Å². The molecule has 1 aliphatic rings. The lowest BCUT2D eigenvalue weighted by Gasteiger charge is -2.34. The standard InChI is InChI=1S/C16H14ClN5O3S/c17-12-3-1-11(2-4-12)9-19-5-6-20(10-13(19)23)14-15(22(24)25)21-7-8-26-16(21)18-14/h1-4,7-8H,5-6,9-10H2. The van der Waals surface area contributed by atoms with Crippen LogP contribution in [-0.4, -0.2) is 44.7 Å². The lowest BCUT2D eigenvalue weighted by Crippen LogP contribution is -2.50. The van der Waals surface area contributed by atoms with Crippen molar-refractivity contribution >= 4 is 45.4 Å². The zero-order valence-corrected chi connectivity index (χ0v) is 15.1. The molecule has 1 aliphatic heterocycles. The van der Waals surface area contributed by atoms with Crippen LogP contribution in [0, 0.1) is 10.1 Å². The zero-order chi connectivity index (χ0) is 18.3. The lowest BCUT2D eigenvalue weighted by atomic mass is 10.2. The topological polar surface area (TPSA) is 84.0 Å². The molecule has 1 saturated heterocycles. The molecule has 0 N–H and O–H groups in total. The van der Waals surface area contributed by atoms with Gasteiger partial charge in [0, 0.05) is 30.0 Å². The van der Waals surface area contributed by atoms with Crippen molar-refractivity contribution in [2.45, 2.75) is 6.54 Å². The van der Waals surface area contributed by atoms with Gasteiger partial charge >= 0.3 is 5.82 Å². The summed E-state index contributed by atoms with van der Waals surface area (Å²) in [6.45, 7) is 1.53. The molecule has 3 heterocycles. The molecule has 0 bridgehead atoms. The highest BCUT2D eigenvalue weighted by atomic mass is 35.5. The number of amides is 1. The molecular weight excluding hydrogens is 378 g/mol. The van der Waals surface area contributed by atoms with E-state index in [-0.39, 0.29) is 24.1 Å². The van der Waals surface area contributed by atoms with Crippen molar-refractivity contribution in [1.82, 2.24) is 14.3 Å². The second kappa shape index (κ2) is 6.58. The Hall–Kier alpha value is -2.65. The summed E-state index contributed by atoms with van der Waals surface area (Å²) < 4.78 is 1.45. The molecule has 10 heteroatoms. The molecule has 0 unspecified atom stereocenters. The number of aromatic nitrogens is 2. The normalized spacial score (nSPS) is 15.0. The Labute approximate surface area is 157 Å². The molecule has 0 atom stereocenters. The van der Waals surface area contributed by atoms with Crippen molar-refractivity contribution in [3.05, 3.63) is 56.5 Å². The third-order valence-corrected chi connectivity index (χ3v) is 5.31. The van der Waals surface area contributed by atoms with Crippen molar-refractivity contribution < 1.29 is 9.72 Å². The maximum absolute atomic E-state index is 12.5. The van der Waals surface area contributed by atoms with Gasteiger partial charge in [0.15, 0.2) is 0 Å². The summed E-state index contributed by atoms with van der Waals surface area (Å²) in [5.41, 5.74) is 0.990. The molecule has 2 aromatic heterocycles. The van der Waals surface area contributed by atoms with Crippen LogP contribution in [0.1, 0.15) is 5.56 Å². The van der Waals surface area contributed by atoms with Crippen molar-refractivity contribution in [1.29, 1.82) is 0 Å². The van der Waals surface area contributed by atoms with Gasteiger partial charge in [-0.05, 0) is 22.6 Å². The Morgan fingerprint density at radius 2 is 2.04 bits per heavy atom. The molecule has 1 amide bonds. The Balaban J connectivity index is 1.53. The van der Waals surface area contributed by atoms with Crippen LogP contribution in [0.3, 0.4) is 0 Å². The fourth-order valence-electron chi connectivity index (χ4n) is 3.01. The summed E-state index contributed by atoms with van der Waals surface area (Å²) >= 11 is 7.21. The largest absolute Gasteiger partial charge is 0.373 e. The Kier molecular flexibility index (Phi) is 4.25. The van der Waals surface area contributed by atoms with Crippen LogP contribution in [0.15, 0.2) is 35.8 Å². The first-order valence-electron chi connectivity index (χ1n) is 7.90. The minimum atomic E-state index is -0.452. The number of benzene rings is 1. The van der Waals surface area contributed by atoms with Crippen LogP contribution in [0.2, 0.25) is 5.02 Å². The van der Waals surface area contributed by atoms with Gasteiger partial charge in [-0.2, -0.15) is 9.38 Å². The first kappa shape index (κ1) is 16.8. The number of nitro groups is 1. The number of anilines is 1. The molecule has 0 radical (unpaired) electrons. The maximum atomic E-state index is 12.5. The number of piperazine rings is 1. The van der Waals surface area contributed by atoms with Crippen molar-refractivity contribution in [2.75, 3.05) is 24.5 Å². The third kappa shape index (κ3) is 2.99. The van der Waals surface area contributed by atoms with Gasteiger partial charge in [0.1, 0.15) is 6.20 Å². The molecular formula is C16H14ClN5O3S. The monoisotopic (exact) mass is 391 g/mol.